The SMILES string of the molecule is Cc1ccc(C(c2ccccc2)C(Cl)Cl)cc1. The molecule has 1 unspecified atom stereocenters. The van der Waals surface area contributed by atoms with Crippen LogP contribution in [0.4, 0.5) is 0 Å². The molecule has 2 heteroatoms. The van der Waals surface area contributed by atoms with Crippen LogP contribution in [-0.4, -0.2) is 4.84 Å². The van der Waals surface area contributed by atoms with Gasteiger partial charge in [0.1, 0.15) is 4.84 Å². The first kappa shape index (κ1) is 12.5. The summed E-state index contributed by atoms with van der Waals surface area (Å²) in [5.41, 5.74) is 3.53. The van der Waals surface area contributed by atoms with Crippen LogP contribution in [0.3, 0.4) is 0 Å². The average Bonchev–Trinajstić information content (AvgIpc) is 2.33. The van der Waals surface area contributed by atoms with Gasteiger partial charge >= 0.3 is 0 Å². The molecule has 0 bridgehead atoms. The zero-order chi connectivity index (χ0) is 12.3. The summed E-state index contributed by atoms with van der Waals surface area (Å²) in [6.45, 7) is 2.07. The highest BCUT2D eigenvalue weighted by Gasteiger charge is 2.20. The molecule has 2 aromatic rings. The molecule has 0 aliphatic carbocycles. The maximum atomic E-state index is 6.12. The summed E-state index contributed by atoms with van der Waals surface area (Å²) in [6, 6.07) is 18.5. The van der Waals surface area contributed by atoms with Gasteiger partial charge in [0.2, 0.25) is 0 Å². The molecule has 0 aliphatic rings. The lowest BCUT2D eigenvalue weighted by atomic mass is 9.92. The van der Waals surface area contributed by atoms with Crippen LogP contribution >= 0.6 is 23.2 Å². The van der Waals surface area contributed by atoms with Gasteiger partial charge in [-0.25, -0.2) is 0 Å². The van der Waals surface area contributed by atoms with Gasteiger partial charge in [0.05, 0.1) is 0 Å². The Morgan fingerprint density at radius 2 is 1.29 bits per heavy atom. The van der Waals surface area contributed by atoms with Gasteiger partial charge in [0, 0.05) is 5.92 Å². The largest absolute Gasteiger partial charge is 0.118 e. The van der Waals surface area contributed by atoms with Crippen LogP contribution in [0.25, 0.3) is 0 Å². The number of hydrogen-bond donors (Lipinski definition) is 0. The molecule has 0 saturated carbocycles. The van der Waals surface area contributed by atoms with Gasteiger partial charge in [-0.1, -0.05) is 60.2 Å². The molecule has 0 spiro atoms. The molecule has 17 heavy (non-hydrogen) atoms. The standard InChI is InChI=1S/C15H14Cl2/c1-11-7-9-13(10-8-11)14(15(16)17)12-5-3-2-4-6-12/h2-10,14-15H,1H3. The van der Waals surface area contributed by atoms with Crippen molar-refractivity contribution in [1.82, 2.24) is 0 Å². The Labute approximate surface area is 112 Å². The number of alkyl halides is 2. The van der Waals surface area contributed by atoms with E-state index in [9.17, 15) is 0 Å². The van der Waals surface area contributed by atoms with E-state index in [0.717, 1.165) is 11.1 Å². The fourth-order valence-corrected chi connectivity index (χ4v) is 2.50. The zero-order valence-electron chi connectivity index (χ0n) is 9.61. The third-order valence-electron chi connectivity index (χ3n) is 2.85. The predicted molar refractivity (Wildman–Crippen MR) is 75.0 cm³/mol. The summed E-state index contributed by atoms with van der Waals surface area (Å²) in [5.74, 6) is 0.0279. The fraction of sp³-hybridized carbons (Fsp3) is 0.200. The maximum absolute atomic E-state index is 6.12. The Hall–Kier alpha value is -0.980. The molecule has 1 atom stereocenters. The van der Waals surface area contributed by atoms with E-state index in [1.807, 2.05) is 18.2 Å². The number of aryl methyl sites for hydroxylation is 1. The average molecular weight is 265 g/mol. The Kier molecular flexibility index (Phi) is 4.09. The Morgan fingerprint density at radius 3 is 1.82 bits per heavy atom. The minimum Gasteiger partial charge on any atom is -0.104 e. The molecule has 0 heterocycles. The lowest BCUT2D eigenvalue weighted by Crippen LogP contribution is -2.08. The summed E-state index contributed by atoms with van der Waals surface area (Å²) in [7, 11) is 0. The van der Waals surface area contributed by atoms with Crippen molar-refractivity contribution in [3.8, 4) is 0 Å². The topological polar surface area (TPSA) is 0 Å². The normalized spacial score (nSPS) is 12.7. The molecule has 2 rings (SSSR count). The van der Waals surface area contributed by atoms with Gasteiger partial charge < -0.3 is 0 Å². The van der Waals surface area contributed by atoms with Gasteiger partial charge in [-0.2, -0.15) is 0 Å². The van der Waals surface area contributed by atoms with Crippen LogP contribution in [0.1, 0.15) is 22.6 Å². The first-order chi connectivity index (χ1) is 8.18. The molecular formula is C15H14Cl2. The second-order valence-corrected chi connectivity index (χ2v) is 5.30. The maximum Gasteiger partial charge on any atom is 0.118 e. The minimum absolute atomic E-state index is 0.0279. The van der Waals surface area contributed by atoms with Gasteiger partial charge in [-0.3, -0.25) is 0 Å². The molecule has 0 radical (unpaired) electrons. The van der Waals surface area contributed by atoms with Crippen molar-refractivity contribution < 1.29 is 0 Å². The second kappa shape index (κ2) is 5.57. The number of rotatable bonds is 3. The van der Waals surface area contributed by atoms with E-state index in [1.54, 1.807) is 0 Å². The molecule has 0 aliphatic heterocycles. The highest BCUT2D eigenvalue weighted by molar-refractivity contribution is 6.45. The molecular weight excluding hydrogens is 251 g/mol. The summed E-state index contributed by atoms with van der Waals surface area (Å²) in [6.07, 6.45) is 0. The smallest absolute Gasteiger partial charge is 0.104 e. The Morgan fingerprint density at radius 1 is 0.765 bits per heavy atom. The van der Waals surface area contributed by atoms with Crippen molar-refractivity contribution in [2.24, 2.45) is 0 Å². The van der Waals surface area contributed by atoms with Crippen molar-refractivity contribution in [2.75, 3.05) is 0 Å². The van der Waals surface area contributed by atoms with Crippen molar-refractivity contribution in [2.45, 2.75) is 17.7 Å². The molecule has 0 nitrogen and oxygen atoms in total. The van der Waals surface area contributed by atoms with Gasteiger partial charge in [-0.15, -0.1) is 23.2 Å². The van der Waals surface area contributed by atoms with Gasteiger partial charge in [0.25, 0.3) is 0 Å². The van der Waals surface area contributed by atoms with E-state index < -0.39 is 4.84 Å². The van der Waals surface area contributed by atoms with Gasteiger partial charge in [0.15, 0.2) is 0 Å². The summed E-state index contributed by atoms with van der Waals surface area (Å²) < 4.78 is 0. The van der Waals surface area contributed by atoms with Crippen LogP contribution in [0.5, 0.6) is 0 Å². The van der Waals surface area contributed by atoms with Crippen LogP contribution in [0.2, 0.25) is 0 Å². The first-order valence-corrected chi connectivity index (χ1v) is 6.45. The van der Waals surface area contributed by atoms with Crippen LogP contribution in [0.15, 0.2) is 54.6 Å². The number of halogens is 2. The van der Waals surface area contributed by atoms with Crippen molar-refractivity contribution in [3.63, 3.8) is 0 Å². The highest BCUT2D eigenvalue weighted by atomic mass is 35.5. The fourth-order valence-electron chi connectivity index (χ4n) is 1.92. The molecule has 2 aromatic carbocycles. The van der Waals surface area contributed by atoms with E-state index in [-0.39, 0.29) is 5.92 Å². The van der Waals surface area contributed by atoms with E-state index >= 15 is 0 Å². The minimum atomic E-state index is -0.444. The first-order valence-electron chi connectivity index (χ1n) is 5.58. The lowest BCUT2D eigenvalue weighted by Gasteiger charge is -2.19. The Balaban J connectivity index is 2.39. The van der Waals surface area contributed by atoms with E-state index in [1.165, 1.54) is 5.56 Å². The molecule has 0 N–H and O–H groups in total. The lowest BCUT2D eigenvalue weighted by molar-refractivity contribution is 0.886. The monoisotopic (exact) mass is 264 g/mol. The molecule has 0 saturated heterocycles. The summed E-state index contributed by atoms with van der Waals surface area (Å²) in [4.78, 5) is -0.444. The number of hydrogen-bond acceptors (Lipinski definition) is 0. The quantitative estimate of drug-likeness (QED) is 0.690. The van der Waals surface area contributed by atoms with E-state index in [0.29, 0.717) is 0 Å². The van der Waals surface area contributed by atoms with E-state index in [2.05, 4.69) is 43.3 Å². The van der Waals surface area contributed by atoms with Crippen molar-refractivity contribution in [3.05, 3.63) is 71.3 Å². The molecule has 0 fully saturated rings. The van der Waals surface area contributed by atoms with Crippen LogP contribution in [-0.2, 0) is 0 Å². The van der Waals surface area contributed by atoms with Crippen LogP contribution in [0, 0.1) is 6.92 Å². The van der Waals surface area contributed by atoms with Crippen molar-refractivity contribution in [1.29, 1.82) is 0 Å². The molecule has 0 amide bonds. The molecule has 88 valence electrons. The van der Waals surface area contributed by atoms with E-state index in [4.69, 9.17) is 23.2 Å². The third-order valence-corrected chi connectivity index (χ3v) is 3.35. The zero-order valence-corrected chi connectivity index (χ0v) is 11.1. The Bertz CT molecular complexity index is 460. The summed E-state index contributed by atoms with van der Waals surface area (Å²) in [5, 5.41) is 0. The predicted octanol–water partition coefficient (Wildman–Crippen LogP) is 4.93. The highest BCUT2D eigenvalue weighted by Crippen LogP contribution is 2.33. The molecule has 0 aromatic heterocycles. The van der Waals surface area contributed by atoms with Crippen LogP contribution < -0.4 is 0 Å². The number of benzene rings is 2. The third kappa shape index (κ3) is 3.02. The summed E-state index contributed by atoms with van der Waals surface area (Å²) >= 11 is 12.2. The second-order valence-electron chi connectivity index (χ2n) is 4.13. The van der Waals surface area contributed by atoms with Gasteiger partial charge in [-0.05, 0) is 18.1 Å². The van der Waals surface area contributed by atoms with Crippen molar-refractivity contribution >= 4 is 23.2 Å².